The first-order valence-electron chi connectivity index (χ1n) is 8.73. The molecule has 0 bridgehead atoms. The number of allylic oxidation sites excluding steroid dienone is 1. The van der Waals surface area contributed by atoms with E-state index < -0.39 is 0 Å². The zero-order valence-electron chi connectivity index (χ0n) is 14.8. The third kappa shape index (κ3) is 3.50. The number of hydrogen-bond acceptors (Lipinski definition) is 5. The van der Waals surface area contributed by atoms with Gasteiger partial charge in [-0.3, -0.25) is 14.3 Å². The van der Waals surface area contributed by atoms with Crippen molar-refractivity contribution in [2.75, 3.05) is 17.2 Å². The van der Waals surface area contributed by atoms with E-state index in [9.17, 15) is 4.79 Å². The molecule has 0 unspecified atom stereocenters. The van der Waals surface area contributed by atoms with Crippen LogP contribution in [0.15, 0.2) is 66.6 Å². The topological polar surface area (TPSA) is 63.9 Å². The number of amides is 1. The van der Waals surface area contributed by atoms with Crippen LogP contribution in [0.4, 0.5) is 5.69 Å². The molecule has 0 fully saturated rings. The highest BCUT2D eigenvalue weighted by Crippen LogP contribution is 2.29. The van der Waals surface area contributed by atoms with Crippen LogP contribution in [0.1, 0.15) is 5.56 Å². The van der Waals surface area contributed by atoms with E-state index in [1.807, 2.05) is 39.8 Å². The number of pyridine rings is 1. The minimum atomic E-state index is 0.0843. The minimum absolute atomic E-state index is 0.0843. The molecule has 0 spiro atoms. The summed E-state index contributed by atoms with van der Waals surface area (Å²) in [5, 5.41) is 9.28. The van der Waals surface area contributed by atoms with Crippen LogP contribution in [0.2, 0.25) is 0 Å². The Morgan fingerprint density at radius 3 is 2.93 bits per heavy atom. The van der Waals surface area contributed by atoms with Gasteiger partial charge in [-0.2, -0.15) is 0 Å². The van der Waals surface area contributed by atoms with Gasteiger partial charge in [-0.05, 0) is 30.2 Å². The second-order valence-corrected chi connectivity index (χ2v) is 7.10. The Labute approximate surface area is 161 Å². The van der Waals surface area contributed by atoms with Gasteiger partial charge in [-0.1, -0.05) is 36.0 Å². The van der Waals surface area contributed by atoms with Gasteiger partial charge in [0.05, 0.1) is 5.75 Å². The van der Waals surface area contributed by atoms with E-state index in [0.717, 1.165) is 30.0 Å². The minimum Gasteiger partial charge on any atom is -0.311 e. The third-order valence-electron chi connectivity index (χ3n) is 4.46. The quantitative estimate of drug-likeness (QED) is 0.488. The Balaban J connectivity index is 1.51. The number of rotatable bonds is 6. The smallest absolute Gasteiger partial charge is 0.237 e. The number of nitrogens with zero attached hydrogens (tertiary/aromatic N) is 5. The number of para-hydroxylation sites is 1. The molecule has 1 amide bonds. The SMILES string of the molecule is C=CCn1c(SCC(=O)N2CCc3ccccc32)nnc1-c1cccnc1. The van der Waals surface area contributed by atoms with E-state index >= 15 is 0 Å². The van der Waals surface area contributed by atoms with Gasteiger partial charge in [-0.25, -0.2) is 0 Å². The molecule has 1 aliphatic heterocycles. The van der Waals surface area contributed by atoms with Crippen LogP contribution in [0.3, 0.4) is 0 Å². The van der Waals surface area contributed by atoms with E-state index in [-0.39, 0.29) is 5.91 Å². The summed E-state index contributed by atoms with van der Waals surface area (Å²) in [5.41, 5.74) is 3.13. The van der Waals surface area contributed by atoms with E-state index in [4.69, 9.17) is 0 Å². The Bertz CT molecular complexity index is 970. The van der Waals surface area contributed by atoms with Crippen LogP contribution in [0.25, 0.3) is 11.4 Å². The van der Waals surface area contributed by atoms with Crippen LogP contribution in [0.5, 0.6) is 0 Å². The largest absolute Gasteiger partial charge is 0.311 e. The van der Waals surface area contributed by atoms with Gasteiger partial charge < -0.3 is 4.90 Å². The molecular weight excluding hydrogens is 358 g/mol. The second-order valence-electron chi connectivity index (χ2n) is 6.16. The van der Waals surface area contributed by atoms with Crippen molar-refractivity contribution in [3.8, 4) is 11.4 Å². The predicted molar refractivity (Wildman–Crippen MR) is 107 cm³/mol. The molecule has 3 heterocycles. The molecule has 0 saturated heterocycles. The number of benzene rings is 1. The zero-order valence-corrected chi connectivity index (χ0v) is 15.6. The van der Waals surface area contributed by atoms with Crippen LogP contribution >= 0.6 is 11.8 Å². The number of aromatic nitrogens is 4. The molecule has 3 aromatic rings. The first-order valence-corrected chi connectivity index (χ1v) is 9.72. The second kappa shape index (κ2) is 7.75. The first kappa shape index (κ1) is 17.5. The maximum atomic E-state index is 12.7. The summed E-state index contributed by atoms with van der Waals surface area (Å²) < 4.78 is 1.96. The monoisotopic (exact) mass is 377 g/mol. The highest BCUT2D eigenvalue weighted by Gasteiger charge is 2.24. The predicted octanol–water partition coefficient (Wildman–Crippen LogP) is 3.21. The molecule has 136 valence electrons. The van der Waals surface area contributed by atoms with Crippen molar-refractivity contribution in [2.24, 2.45) is 0 Å². The van der Waals surface area contributed by atoms with Gasteiger partial charge in [0.1, 0.15) is 0 Å². The fraction of sp³-hybridized carbons (Fsp3) is 0.200. The van der Waals surface area contributed by atoms with Crippen LogP contribution in [-0.4, -0.2) is 38.0 Å². The van der Waals surface area contributed by atoms with E-state index in [1.165, 1.54) is 17.3 Å². The molecule has 4 rings (SSSR count). The van der Waals surface area contributed by atoms with Crippen molar-refractivity contribution in [3.63, 3.8) is 0 Å². The molecule has 0 saturated carbocycles. The van der Waals surface area contributed by atoms with Gasteiger partial charge >= 0.3 is 0 Å². The lowest BCUT2D eigenvalue weighted by molar-refractivity contribution is -0.116. The summed E-state index contributed by atoms with van der Waals surface area (Å²) in [6.45, 7) is 5.12. The van der Waals surface area contributed by atoms with E-state index in [0.29, 0.717) is 17.5 Å². The fourth-order valence-corrected chi connectivity index (χ4v) is 4.02. The summed E-state index contributed by atoms with van der Waals surface area (Å²) in [4.78, 5) is 18.7. The zero-order chi connectivity index (χ0) is 18.6. The lowest BCUT2D eigenvalue weighted by Gasteiger charge is -2.17. The van der Waals surface area contributed by atoms with Crippen molar-refractivity contribution in [1.29, 1.82) is 0 Å². The molecule has 2 aromatic heterocycles. The Morgan fingerprint density at radius 2 is 2.11 bits per heavy atom. The normalized spacial score (nSPS) is 12.8. The summed E-state index contributed by atoms with van der Waals surface area (Å²) >= 11 is 1.40. The molecule has 27 heavy (non-hydrogen) atoms. The number of carbonyl (C=O) groups excluding carboxylic acids is 1. The Hall–Kier alpha value is -2.93. The lowest BCUT2D eigenvalue weighted by Crippen LogP contribution is -2.30. The Kier molecular flexibility index (Phi) is 5.02. The lowest BCUT2D eigenvalue weighted by atomic mass is 10.2. The van der Waals surface area contributed by atoms with Crippen LogP contribution in [0, 0.1) is 0 Å². The molecule has 0 radical (unpaired) electrons. The average molecular weight is 377 g/mol. The summed E-state index contributed by atoms with van der Waals surface area (Å²) in [6, 6.07) is 11.9. The molecular formula is C20H19N5OS. The van der Waals surface area contributed by atoms with Crippen LogP contribution in [-0.2, 0) is 17.8 Å². The highest BCUT2D eigenvalue weighted by atomic mass is 32.2. The molecule has 1 aliphatic rings. The molecule has 6 nitrogen and oxygen atoms in total. The highest BCUT2D eigenvalue weighted by molar-refractivity contribution is 7.99. The molecule has 0 aliphatic carbocycles. The fourth-order valence-electron chi connectivity index (χ4n) is 3.20. The number of hydrogen-bond donors (Lipinski definition) is 0. The van der Waals surface area contributed by atoms with Crippen molar-refractivity contribution < 1.29 is 4.79 Å². The van der Waals surface area contributed by atoms with Crippen molar-refractivity contribution in [1.82, 2.24) is 19.7 Å². The maximum absolute atomic E-state index is 12.7. The van der Waals surface area contributed by atoms with Crippen molar-refractivity contribution >= 4 is 23.4 Å². The van der Waals surface area contributed by atoms with Gasteiger partial charge in [0.25, 0.3) is 0 Å². The van der Waals surface area contributed by atoms with Crippen molar-refractivity contribution in [3.05, 3.63) is 67.0 Å². The summed E-state index contributed by atoms with van der Waals surface area (Å²) in [5.74, 6) is 1.13. The molecule has 1 aromatic carbocycles. The first-order chi connectivity index (χ1) is 13.3. The van der Waals surface area contributed by atoms with Crippen LogP contribution < -0.4 is 4.90 Å². The number of fused-ring (bicyclic) bond motifs is 1. The van der Waals surface area contributed by atoms with Gasteiger partial charge in [0.2, 0.25) is 5.91 Å². The number of carbonyl (C=O) groups is 1. The van der Waals surface area contributed by atoms with Gasteiger partial charge in [0, 0.05) is 36.7 Å². The maximum Gasteiger partial charge on any atom is 0.237 e. The van der Waals surface area contributed by atoms with Gasteiger partial charge in [-0.15, -0.1) is 16.8 Å². The number of thioether (sulfide) groups is 1. The third-order valence-corrected chi connectivity index (χ3v) is 5.41. The summed E-state index contributed by atoms with van der Waals surface area (Å²) in [7, 11) is 0. The summed E-state index contributed by atoms with van der Waals surface area (Å²) in [6.07, 6.45) is 6.18. The Morgan fingerprint density at radius 1 is 1.22 bits per heavy atom. The average Bonchev–Trinajstić information content (AvgIpc) is 3.31. The van der Waals surface area contributed by atoms with Crippen molar-refractivity contribution in [2.45, 2.75) is 18.1 Å². The number of anilines is 1. The standard InChI is InChI=1S/C20H19N5OS/c1-2-11-25-19(16-7-5-10-21-13-16)22-23-20(25)27-14-18(26)24-12-9-15-6-3-4-8-17(15)24/h2-8,10,13H,1,9,11-12,14H2. The van der Waals surface area contributed by atoms with Gasteiger partial charge in [0.15, 0.2) is 11.0 Å². The molecule has 7 heteroatoms. The van der Waals surface area contributed by atoms with E-state index in [1.54, 1.807) is 18.5 Å². The molecule has 0 N–H and O–H groups in total. The molecule has 0 atom stereocenters. The van der Waals surface area contributed by atoms with E-state index in [2.05, 4.69) is 27.8 Å².